The smallest absolute Gasteiger partial charge is 0.289 e. The van der Waals surface area contributed by atoms with Crippen LogP contribution in [0.1, 0.15) is 204 Å². The lowest BCUT2D eigenvalue weighted by Crippen LogP contribution is -2.62. The molecular formula is C69H100N12O16. The van der Waals surface area contributed by atoms with Gasteiger partial charge in [0.2, 0.25) is 41.2 Å². The molecule has 7 atom stereocenters. The Labute approximate surface area is 567 Å². The predicted molar refractivity (Wildman–Crippen MR) is 353 cm³/mol. The van der Waals surface area contributed by atoms with Crippen LogP contribution in [0, 0.1) is 23.2 Å². The molecule has 11 amide bonds. The van der Waals surface area contributed by atoms with Crippen molar-refractivity contribution in [3.05, 3.63) is 53.1 Å². The van der Waals surface area contributed by atoms with Crippen LogP contribution in [0.5, 0.6) is 0 Å². The Morgan fingerprint density at radius 1 is 0.670 bits per heavy atom. The molecule has 4 heterocycles. The van der Waals surface area contributed by atoms with Crippen molar-refractivity contribution in [1.82, 2.24) is 57.0 Å². The van der Waals surface area contributed by atoms with Gasteiger partial charge in [-0.3, -0.25) is 67.8 Å². The molecule has 97 heavy (non-hydrogen) atoms. The SMILES string of the molecule is CCC[C@H](NC(=O)[C@@H]1[C@H]2CCC[C@H]2CN1C(=O)[C@@H](NC(=O)[C@@H](NC(=O)c1cnc(C(=O)NCCCCCCCCNC(=O)CCOCCOCCOCCOCCNc2cccc3c2C(=O)N(C2CCC(=O)NC2=O)C3=O)cn1)C1CCCCC1)C(C)(C)C)C(=O)C(=O)NC1CC1. The summed E-state index contributed by atoms with van der Waals surface area (Å²) in [5.41, 5.74) is -0.0584. The molecule has 6 aliphatic rings. The maximum Gasteiger partial charge on any atom is 0.289 e. The Morgan fingerprint density at radius 3 is 1.95 bits per heavy atom. The van der Waals surface area contributed by atoms with E-state index >= 15 is 0 Å². The molecule has 1 unspecified atom stereocenters. The highest BCUT2D eigenvalue weighted by atomic mass is 16.6. The van der Waals surface area contributed by atoms with Crippen LogP contribution >= 0.6 is 0 Å². The number of imide groups is 2. The van der Waals surface area contributed by atoms with E-state index in [2.05, 4.69) is 52.5 Å². The second kappa shape index (κ2) is 37.2. The Bertz CT molecular complexity index is 3100. The number of benzene rings is 1. The van der Waals surface area contributed by atoms with Gasteiger partial charge in [0, 0.05) is 50.7 Å². The zero-order valence-corrected chi connectivity index (χ0v) is 56.7. The topological polar surface area (TPSA) is 370 Å². The van der Waals surface area contributed by atoms with Crippen molar-refractivity contribution in [2.45, 2.75) is 199 Å². The molecule has 3 saturated carbocycles. The minimum absolute atomic E-state index is 0.0274. The van der Waals surface area contributed by atoms with Gasteiger partial charge >= 0.3 is 0 Å². The summed E-state index contributed by atoms with van der Waals surface area (Å²) in [6.07, 6.45) is 17.0. The van der Waals surface area contributed by atoms with Crippen molar-refractivity contribution in [3.63, 3.8) is 0 Å². The van der Waals surface area contributed by atoms with Crippen molar-refractivity contribution < 1.29 is 76.5 Å². The fourth-order valence-electron chi connectivity index (χ4n) is 13.4. The molecule has 2 saturated heterocycles. The van der Waals surface area contributed by atoms with E-state index in [4.69, 9.17) is 18.9 Å². The zero-order valence-electron chi connectivity index (χ0n) is 56.7. The number of carbonyl (C=O) groups is 12. The summed E-state index contributed by atoms with van der Waals surface area (Å²) in [6.45, 7) is 11.6. The molecule has 28 nitrogen and oxygen atoms in total. The fourth-order valence-corrected chi connectivity index (χ4v) is 13.4. The third-order valence-corrected chi connectivity index (χ3v) is 18.8. The largest absolute Gasteiger partial charge is 0.382 e. The van der Waals surface area contributed by atoms with E-state index in [1.807, 2.05) is 27.7 Å². The lowest BCUT2D eigenvalue weighted by atomic mass is 9.82. The molecule has 1 aromatic heterocycles. The number of ketones is 1. The van der Waals surface area contributed by atoms with E-state index in [1.54, 1.807) is 17.0 Å². The number of rotatable bonds is 40. The molecule has 532 valence electrons. The molecule has 3 aliphatic carbocycles. The van der Waals surface area contributed by atoms with Crippen molar-refractivity contribution in [3.8, 4) is 0 Å². The van der Waals surface area contributed by atoms with Gasteiger partial charge in [-0.05, 0) is 99.5 Å². The van der Waals surface area contributed by atoms with Crippen LogP contribution in [-0.4, -0.2) is 206 Å². The first-order valence-electron chi connectivity index (χ1n) is 35.1. The number of amides is 11. The van der Waals surface area contributed by atoms with Gasteiger partial charge in [0.15, 0.2) is 0 Å². The number of unbranched alkanes of at least 4 members (excludes halogenated alkanes) is 5. The van der Waals surface area contributed by atoms with Gasteiger partial charge in [-0.2, -0.15) is 0 Å². The number of aromatic nitrogens is 2. The standard InChI is InChI=1S/C69H100N12O16/c1-5-17-49(58(84)65(90)75-45-24-25-45)76-64(89)57-46-21-15-20-44(46)42-80(57)68(93)59(69(2,3)4)79-63(88)56(43-18-11-10-12-19-43)78-61(86)51-41-73-50(40-74-51)60(85)72-30-14-9-7-6-8-13-29-71-53(82)28-32-94-34-36-96-38-39-97-37-35-95-33-31-70-48-23-16-22-47-55(48)67(92)81(66(47)91)52-26-27-54(83)77-62(52)87/h16,22-23,40-41,43-46,49,52,56-57,59,70H,5-15,17-21,24-39,42H2,1-4H3,(H,71,82)(H,72,85)(H,75,90)(H,76,89)(H,78,86)(H,79,88)(H,77,83,87)/t44-,46-,49-,52?,56-,57-,59+/m0/s1. The van der Waals surface area contributed by atoms with Crippen LogP contribution in [0.4, 0.5) is 5.69 Å². The van der Waals surface area contributed by atoms with E-state index in [1.165, 1.54) is 18.5 Å². The van der Waals surface area contributed by atoms with E-state index in [-0.39, 0.29) is 84.5 Å². The lowest BCUT2D eigenvalue weighted by molar-refractivity contribution is -0.146. The first-order chi connectivity index (χ1) is 46.7. The van der Waals surface area contributed by atoms with E-state index in [0.29, 0.717) is 97.4 Å². The number of Topliss-reactive ketones (excluding diaryl/α,β-unsaturated/α-hetero) is 1. The van der Waals surface area contributed by atoms with Crippen molar-refractivity contribution >= 4 is 76.4 Å². The predicted octanol–water partition coefficient (Wildman–Crippen LogP) is 3.60. The van der Waals surface area contributed by atoms with Gasteiger partial charge in [0.05, 0.1) is 82.4 Å². The van der Waals surface area contributed by atoms with Crippen LogP contribution < -0.4 is 42.5 Å². The van der Waals surface area contributed by atoms with Crippen LogP contribution in [0.3, 0.4) is 0 Å². The number of likely N-dealkylation sites (tertiary alicyclic amines) is 1. The number of nitrogens with zero attached hydrogens (tertiary/aromatic N) is 4. The molecule has 8 N–H and O–H groups in total. The third-order valence-electron chi connectivity index (χ3n) is 18.8. The first kappa shape index (κ1) is 75.0. The second-order valence-corrected chi connectivity index (χ2v) is 27.2. The Hall–Kier alpha value is -7.82. The Kier molecular flexibility index (Phi) is 28.8. The summed E-state index contributed by atoms with van der Waals surface area (Å²) in [5.74, 6) is -6.64. The first-order valence-corrected chi connectivity index (χ1v) is 35.1. The molecule has 0 radical (unpaired) electrons. The Morgan fingerprint density at radius 2 is 1.31 bits per heavy atom. The molecule has 3 aliphatic heterocycles. The number of nitrogens with one attached hydrogen (secondary N) is 8. The molecule has 0 bridgehead atoms. The summed E-state index contributed by atoms with van der Waals surface area (Å²) in [7, 11) is 0. The normalized spacial score (nSPS) is 20.2. The van der Waals surface area contributed by atoms with E-state index in [0.717, 1.165) is 94.8 Å². The van der Waals surface area contributed by atoms with Gasteiger partial charge in [-0.25, -0.2) is 9.97 Å². The number of hydrogen-bond donors (Lipinski definition) is 8. The van der Waals surface area contributed by atoms with Crippen molar-refractivity contribution in [2.24, 2.45) is 23.2 Å². The molecule has 5 fully saturated rings. The molecule has 28 heteroatoms. The van der Waals surface area contributed by atoms with Crippen molar-refractivity contribution in [1.29, 1.82) is 0 Å². The van der Waals surface area contributed by atoms with Gasteiger partial charge in [0.1, 0.15) is 35.6 Å². The van der Waals surface area contributed by atoms with Crippen molar-refractivity contribution in [2.75, 3.05) is 84.4 Å². The van der Waals surface area contributed by atoms with Crippen LogP contribution in [0.2, 0.25) is 0 Å². The molecule has 1 aromatic carbocycles. The number of hydrogen-bond acceptors (Lipinski definition) is 19. The van der Waals surface area contributed by atoms with E-state index in [9.17, 15) is 57.5 Å². The minimum Gasteiger partial charge on any atom is -0.382 e. The van der Waals surface area contributed by atoms with Crippen LogP contribution in [0.15, 0.2) is 30.6 Å². The summed E-state index contributed by atoms with van der Waals surface area (Å²) in [4.78, 5) is 170. The van der Waals surface area contributed by atoms with Gasteiger partial charge in [-0.15, -0.1) is 0 Å². The third kappa shape index (κ3) is 21.6. The van der Waals surface area contributed by atoms with Crippen LogP contribution in [0.25, 0.3) is 0 Å². The maximum atomic E-state index is 14.9. The second-order valence-electron chi connectivity index (χ2n) is 27.2. The maximum absolute atomic E-state index is 14.9. The number of ether oxygens (including phenoxy) is 4. The Balaban J connectivity index is 0.641. The van der Waals surface area contributed by atoms with Crippen LogP contribution in [-0.2, 0) is 57.3 Å². The number of carbonyl (C=O) groups excluding carboxylic acids is 12. The highest BCUT2D eigenvalue weighted by molar-refractivity contribution is 6.38. The average Bonchev–Trinajstić information content (AvgIpc) is 1.62. The monoisotopic (exact) mass is 1350 g/mol. The molecule has 2 aromatic rings. The summed E-state index contributed by atoms with van der Waals surface area (Å²) in [5, 5.41) is 22.6. The van der Waals surface area contributed by atoms with Gasteiger partial charge in [0.25, 0.3) is 29.5 Å². The fraction of sp³-hybridized carbons (Fsp3) is 0.681. The zero-order chi connectivity index (χ0) is 69.4. The molecular weight excluding hydrogens is 1250 g/mol. The van der Waals surface area contributed by atoms with E-state index < -0.39 is 100 Å². The van der Waals surface area contributed by atoms with Gasteiger partial charge in [-0.1, -0.05) is 91.5 Å². The summed E-state index contributed by atoms with van der Waals surface area (Å²) < 4.78 is 22.3. The quantitative estimate of drug-likeness (QED) is 0.0268. The number of piperidine rings is 1. The lowest BCUT2D eigenvalue weighted by Gasteiger charge is -2.38. The number of fused-ring (bicyclic) bond motifs is 2. The molecule has 0 spiro atoms. The summed E-state index contributed by atoms with van der Waals surface area (Å²) >= 11 is 0. The van der Waals surface area contributed by atoms with Gasteiger partial charge < -0.3 is 61.1 Å². The molecule has 8 rings (SSSR count). The summed E-state index contributed by atoms with van der Waals surface area (Å²) in [6, 6.07) is -0.254. The highest BCUT2D eigenvalue weighted by Crippen LogP contribution is 2.43. The number of anilines is 1. The highest BCUT2D eigenvalue weighted by Gasteiger charge is 2.53. The minimum atomic E-state index is -1.09. The average molecular weight is 1350 g/mol.